The minimum atomic E-state index is -0.514. The Morgan fingerprint density at radius 2 is 1.73 bits per heavy atom. The van der Waals surface area contributed by atoms with Crippen LogP contribution in [-0.4, -0.2) is 47.8 Å². The molecule has 22 heavy (non-hydrogen) atoms. The molecule has 0 aromatic rings. The maximum absolute atomic E-state index is 11.9. The Morgan fingerprint density at radius 3 is 2.18 bits per heavy atom. The number of rotatable bonds is 6. The van der Waals surface area contributed by atoms with Gasteiger partial charge in [-0.25, -0.2) is 0 Å². The lowest BCUT2D eigenvalue weighted by atomic mass is 9.79. The van der Waals surface area contributed by atoms with E-state index in [0.717, 1.165) is 19.3 Å². The van der Waals surface area contributed by atoms with Crippen LogP contribution in [0.3, 0.4) is 0 Å². The minimum absolute atomic E-state index is 0.0173. The molecule has 0 saturated carbocycles. The first-order valence-electron chi connectivity index (χ1n) is 7.92. The molecule has 0 aliphatic carbocycles. The van der Waals surface area contributed by atoms with E-state index in [4.69, 9.17) is 4.84 Å². The van der Waals surface area contributed by atoms with Crippen LogP contribution < -0.4 is 5.32 Å². The molecule has 1 rings (SSSR count). The van der Waals surface area contributed by atoms with E-state index < -0.39 is 5.97 Å². The lowest BCUT2D eigenvalue weighted by molar-refractivity contribution is -0.283. The van der Waals surface area contributed by atoms with Crippen molar-refractivity contribution in [2.75, 3.05) is 13.7 Å². The van der Waals surface area contributed by atoms with E-state index in [9.17, 15) is 9.59 Å². The van der Waals surface area contributed by atoms with Crippen LogP contribution in [-0.2, 0) is 19.2 Å². The van der Waals surface area contributed by atoms with Crippen LogP contribution in [0.15, 0.2) is 0 Å². The molecule has 0 radical (unpaired) electrons. The molecule has 1 aliphatic rings. The normalized spacial score (nSPS) is 21.4. The molecular formula is C16H30N2O4. The molecule has 0 aromatic heterocycles. The molecule has 1 N–H and O–H groups in total. The maximum Gasteiger partial charge on any atom is 0.315 e. The summed E-state index contributed by atoms with van der Waals surface area (Å²) in [7, 11) is 1.28. The summed E-state index contributed by atoms with van der Waals surface area (Å²) in [4.78, 5) is 29.0. The number of piperidine rings is 1. The highest BCUT2D eigenvalue weighted by molar-refractivity contribution is 5.94. The van der Waals surface area contributed by atoms with E-state index >= 15 is 0 Å². The zero-order valence-electron chi connectivity index (χ0n) is 14.7. The molecule has 0 bridgehead atoms. The highest BCUT2D eigenvalue weighted by Crippen LogP contribution is 2.38. The summed E-state index contributed by atoms with van der Waals surface area (Å²) in [6.45, 7) is 11.2. The second-order valence-corrected chi connectivity index (χ2v) is 7.18. The Bertz CT molecular complexity index is 389. The summed E-state index contributed by atoms with van der Waals surface area (Å²) >= 11 is 0. The summed E-state index contributed by atoms with van der Waals surface area (Å²) in [5, 5.41) is 5.01. The monoisotopic (exact) mass is 314 g/mol. The van der Waals surface area contributed by atoms with Crippen LogP contribution in [0, 0.1) is 0 Å². The third-order valence-corrected chi connectivity index (χ3v) is 3.91. The number of carbonyl (C=O) groups excluding carboxylic acids is 2. The topological polar surface area (TPSA) is 67.9 Å². The Balaban J connectivity index is 2.71. The van der Waals surface area contributed by atoms with Crippen molar-refractivity contribution < 1.29 is 19.2 Å². The van der Waals surface area contributed by atoms with Crippen molar-refractivity contribution in [3.05, 3.63) is 0 Å². The van der Waals surface area contributed by atoms with E-state index in [-0.39, 0.29) is 29.4 Å². The van der Waals surface area contributed by atoms with Crippen LogP contribution in [0.5, 0.6) is 0 Å². The summed E-state index contributed by atoms with van der Waals surface area (Å²) in [5.74, 6) is -0.800. The molecule has 6 heteroatoms. The number of carbonyl (C=O) groups is 2. The Hall–Kier alpha value is -1.14. The van der Waals surface area contributed by atoms with E-state index in [1.165, 1.54) is 7.11 Å². The number of amides is 1. The quantitative estimate of drug-likeness (QED) is 0.600. The van der Waals surface area contributed by atoms with Crippen molar-refractivity contribution in [2.24, 2.45) is 0 Å². The molecule has 1 aliphatic heterocycles. The molecule has 6 nitrogen and oxygen atoms in total. The number of nitrogens with one attached hydrogen (secondary N) is 1. The van der Waals surface area contributed by atoms with Gasteiger partial charge in [0.15, 0.2) is 0 Å². The van der Waals surface area contributed by atoms with Gasteiger partial charge in [0, 0.05) is 17.1 Å². The number of esters is 1. The van der Waals surface area contributed by atoms with Gasteiger partial charge in [-0.3, -0.25) is 14.4 Å². The van der Waals surface area contributed by atoms with E-state index in [1.807, 2.05) is 0 Å². The summed E-state index contributed by atoms with van der Waals surface area (Å²) in [6.07, 6.45) is 2.27. The largest absolute Gasteiger partial charge is 0.469 e. The molecule has 1 amide bonds. The molecule has 0 unspecified atom stereocenters. The van der Waals surface area contributed by atoms with Gasteiger partial charge in [0.1, 0.15) is 6.42 Å². The molecule has 0 aromatic carbocycles. The highest BCUT2D eigenvalue weighted by atomic mass is 16.7. The number of ether oxygens (including phenoxy) is 1. The van der Waals surface area contributed by atoms with Crippen molar-refractivity contribution >= 4 is 11.9 Å². The Kier molecular flexibility index (Phi) is 6.38. The van der Waals surface area contributed by atoms with Gasteiger partial charge in [0.05, 0.1) is 13.7 Å². The van der Waals surface area contributed by atoms with Crippen LogP contribution in [0.4, 0.5) is 0 Å². The smallest absolute Gasteiger partial charge is 0.315 e. The van der Waals surface area contributed by atoms with E-state index in [1.54, 1.807) is 0 Å². The average Bonchev–Trinajstić information content (AvgIpc) is 2.35. The molecule has 1 saturated heterocycles. The van der Waals surface area contributed by atoms with Gasteiger partial charge in [0.2, 0.25) is 5.91 Å². The van der Waals surface area contributed by atoms with Crippen molar-refractivity contribution in [2.45, 2.75) is 77.4 Å². The van der Waals surface area contributed by atoms with Crippen molar-refractivity contribution in [1.82, 2.24) is 10.4 Å². The fourth-order valence-corrected chi connectivity index (χ4v) is 3.38. The van der Waals surface area contributed by atoms with Crippen LogP contribution in [0.1, 0.15) is 60.3 Å². The first-order chi connectivity index (χ1) is 10.1. The number of nitrogens with zero attached hydrogens (tertiary/aromatic N) is 1. The number of methoxy groups -OCH3 is 1. The standard InChI is InChI=1S/C16H30N2O4/c1-7-8-22-18-15(2,3)10-12(11-16(18,4)5)17-13(19)9-14(20)21-6/h12H,7-11H2,1-6H3,(H,17,19). The Labute approximate surface area is 133 Å². The first kappa shape index (κ1) is 18.9. The molecule has 1 heterocycles. The predicted octanol–water partition coefficient (Wildman–Crippen LogP) is 2.03. The van der Waals surface area contributed by atoms with Crippen LogP contribution in [0.25, 0.3) is 0 Å². The van der Waals surface area contributed by atoms with Gasteiger partial charge >= 0.3 is 5.97 Å². The lowest BCUT2D eigenvalue weighted by Crippen LogP contribution is -2.64. The SMILES string of the molecule is CCCON1C(C)(C)CC(NC(=O)CC(=O)OC)CC1(C)C. The Morgan fingerprint density at radius 1 is 1.18 bits per heavy atom. The molecular weight excluding hydrogens is 284 g/mol. The summed E-state index contributed by atoms with van der Waals surface area (Å²) in [5.41, 5.74) is -0.389. The van der Waals surface area contributed by atoms with Gasteiger partial charge in [-0.2, -0.15) is 5.06 Å². The fraction of sp³-hybridized carbons (Fsp3) is 0.875. The van der Waals surface area contributed by atoms with Crippen LogP contribution in [0.2, 0.25) is 0 Å². The van der Waals surface area contributed by atoms with Crippen LogP contribution >= 0.6 is 0 Å². The zero-order chi connectivity index (χ0) is 17.0. The number of hydroxylamine groups is 2. The third-order valence-electron chi connectivity index (χ3n) is 3.91. The number of hydrogen-bond acceptors (Lipinski definition) is 5. The van der Waals surface area contributed by atoms with Gasteiger partial charge < -0.3 is 10.1 Å². The third kappa shape index (κ3) is 4.95. The highest BCUT2D eigenvalue weighted by Gasteiger charge is 2.46. The second kappa shape index (κ2) is 7.42. The molecule has 0 atom stereocenters. The molecule has 128 valence electrons. The van der Waals surface area contributed by atoms with Gasteiger partial charge in [-0.05, 0) is 47.0 Å². The number of hydrogen-bond donors (Lipinski definition) is 1. The summed E-state index contributed by atoms with van der Waals surface area (Å²) in [6, 6.07) is 0.0173. The van der Waals surface area contributed by atoms with Gasteiger partial charge in [-0.15, -0.1) is 0 Å². The lowest BCUT2D eigenvalue weighted by Gasteiger charge is -2.53. The van der Waals surface area contributed by atoms with Crippen molar-refractivity contribution in [3.63, 3.8) is 0 Å². The molecule has 0 spiro atoms. The first-order valence-corrected chi connectivity index (χ1v) is 7.92. The maximum atomic E-state index is 11.9. The fourth-order valence-electron chi connectivity index (χ4n) is 3.38. The predicted molar refractivity (Wildman–Crippen MR) is 84.0 cm³/mol. The molecule has 1 fully saturated rings. The second-order valence-electron chi connectivity index (χ2n) is 7.18. The zero-order valence-corrected chi connectivity index (χ0v) is 14.7. The summed E-state index contributed by atoms with van der Waals surface area (Å²) < 4.78 is 4.53. The van der Waals surface area contributed by atoms with Crippen molar-refractivity contribution in [1.29, 1.82) is 0 Å². The van der Waals surface area contributed by atoms with Gasteiger partial charge in [0.25, 0.3) is 0 Å². The van der Waals surface area contributed by atoms with E-state index in [2.05, 4.69) is 49.7 Å². The minimum Gasteiger partial charge on any atom is -0.469 e. The van der Waals surface area contributed by atoms with Crippen molar-refractivity contribution in [3.8, 4) is 0 Å². The van der Waals surface area contributed by atoms with E-state index in [0.29, 0.717) is 6.61 Å². The van der Waals surface area contributed by atoms with Gasteiger partial charge in [-0.1, -0.05) is 6.92 Å². The average molecular weight is 314 g/mol.